The van der Waals surface area contributed by atoms with Crippen molar-refractivity contribution in [2.45, 2.75) is 0 Å². The van der Waals surface area contributed by atoms with E-state index < -0.39 is 0 Å². The minimum Gasteiger partial charge on any atom is -0.368 e. The zero-order valence-electron chi connectivity index (χ0n) is 15.0. The number of hydrogen-bond donors (Lipinski definition) is 0. The van der Waals surface area contributed by atoms with E-state index in [1.54, 1.807) is 0 Å². The molecule has 2 nitrogen and oxygen atoms in total. The van der Waals surface area contributed by atoms with Crippen molar-refractivity contribution in [3.05, 3.63) is 96.1 Å². The molecule has 1 fully saturated rings. The molecule has 3 aromatic rings. The molecule has 0 spiro atoms. The molecular formula is C24H24N2. The molecule has 4 rings (SSSR count). The lowest BCUT2D eigenvalue weighted by Gasteiger charge is -2.37. The van der Waals surface area contributed by atoms with Gasteiger partial charge >= 0.3 is 0 Å². The smallest absolute Gasteiger partial charge is 0.0367 e. The summed E-state index contributed by atoms with van der Waals surface area (Å²) in [6.45, 7) is 4.27. The number of hydrogen-bond acceptors (Lipinski definition) is 2. The first-order chi connectivity index (χ1) is 12.9. The summed E-state index contributed by atoms with van der Waals surface area (Å²) in [5.74, 6) is 0. The van der Waals surface area contributed by atoms with Crippen LogP contribution in [0.5, 0.6) is 0 Å². The van der Waals surface area contributed by atoms with Crippen LogP contribution in [-0.4, -0.2) is 26.2 Å². The van der Waals surface area contributed by atoms with Gasteiger partial charge in [-0.05, 0) is 35.4 Å². The molecule has 0 saturated carbocycles. The predicted octanol–water partition coefficient (Wildman–Crippen LogP) is 5.18. The van der Waals surface area contributed by atoms with Crippen molar-refractivity contribution in [2.75, 3.05) is 36.0 Å². The van der Waals surface area contributed by atoms with Crippen LogP contribution in [0.3, 0.4) is 0 Å². The molecule has 0 amide bonds. The Balaban J connectivity index is 1.37. The molecule has 1 aliphatic heterocycles. The van der Waals surface area contributed by atoms with Crippen LogP contribution in [0.25, 0.3) is 12.2 Å². The van der Waals surface area contributed by atoms with Crippen LogP contribution in [0.2, 0.25) is 0 Å². The fourth-order valence-corrected chi connectivity index (χ4v) is 3.41. The number of nitrogens with zero attached hydrogens (tertiary/aromatic N) is 2. The van der Waals surface area contributed by atoms with Crippen LogP contribution in [0, 0.1) is 0 Å². The lowest BCUT2D eigenvalue weighted by atomic mass is 10.1. The number of anilines is 2. The second-order valence-corrected chi connectivity index (χ2v) is 6.65. The Morgan fingerprint density at radius 3 is 1.42 bits per heavy atom. The molecule has 3 aromatic carbocycles. The third-order valence-electron chi connectivity index (χ3n) is 4.93. The molecule has 1 saturated heterocycles. The molecular weight excluding hydrogens is 316 g/mol. The van der Waals surface area contributed by atoms with E-state index in [-0.39, 0.29) is 0 Å². The van der Waals surface area contributed by atoms with E-state index in [1.165, 1.54) is 22.5 Å². The monoisotopic (exact) mass is 340 g/mol. The topological polar surface area (TPSA) is 6.48 Å². The third-order valence-corrected chi connectivity index (χ3v) is 4.93. The first kappa shape index (κ1) is 16.5. The zero-order valence-corrected chi connectivity index (χ0v) is 15.0. The van der Waals surface area contributed by atoms with Crippen LogP contribution in [0.15, 0.2) is 84.9 Å². The minimum absolute atomic E-state index is 1.06. The molecule has 2 heteroatoms. The Kier molecular flexibility index (Phi) is 5.02. The summed E-state index contributed by atoms with van der Waals surface area (Å²) in [5.41, 5.74) is 5.11. The molecule has 0 atom stereocenters. The van der Waals surface area contributed by atoms with Gasteiger partial charge in [0.2, 0.25) is 0 Å². The summed E-state index contributed by atoms with van der Waals surface area (Å²) >= 11 is 0. The van der Waals surface area contributed by atoms with Gasteiger partial charge < -0.3 is 9.80 Å². The van der Waals surface area contributed by atoms with Gasteiger partial charge in [0.1, 0.15) is 0 Å². The van der Waals surface area contributed by atoms with Crippen LogP contribution < -0.4 is 9.80 Å². The molecule has 26 heavy (non-hydrogen) atoms. The maximum Gasteiger partial charge on any atom is 0.0367 e. The van der Waals surface area contributed by atoms with Crippen molar-refractivity contribution >= 4 is 23.5 Å². The fraction of sp³-hybridized carbons (Fsp3) is 0.167. The van der Waals surface area contributed by atoms with Gasteiger partial charge in [-0.15, -0.1) is 0 Å². The summed E-state index contributed by atoms with van der Waals surface area (Å²) in [6.07, 6.45) is 4.33. The van der Waals surface area contributed by atoms with Gasteiger partial charge in [-0.25, -0.2) is 0 Å². The van der Waals surface area contributed by atoms with Crippen molar-refractivity contribution in [1.29, 1.82) is 0 Å². The van der Waals surface area contributed by atoms with Crippen LogP contribution >= 0.6 is 0 Å². The molecule has 1 heterocycles. The molecule has 0 aliphatic carbocycles. The highest BCUT2D eigenvalue weighted by atomic mass is 15.3. The van der Waals surface area contributed by atoms with Crippen molar-refractivity contribution in [2.24, 2.45) is 0 Å². The highest BCUT2D eigenvalue weighted by molar-refractivity contribution is 5.70. The normalized spacial score (nSPS) is 14.8. The van der Waals surface area contributed by atoms with E-state index in [9.17, 15) is 0 Å². The average Bonchev–Trinajstić information content (AvgIpc) is 2.74. The fourth-order valence-electron chi connectivity index (χ4n) is 3.41. The Hall–Kier alpha value is -3.00. The second-order valence-electron chi connectivity index (χ2n) is 6.65. The van der Waals surface area contributed by atoms with E-state index >= 15 is 0 Å². The average molecular weight is 340 g/mol. The molecule has 0 radical (unpaired) electrons. The number of rotatable bonds is 4. The van der Waals surface area contributed by atoms with Gasteiger partial charge in [-0.2, -0.15) is 0 Å². The van der Waals surface area contributed by atoms with E-state index in [0.717, 1.165) is 26.2 Å². The van der Waals surface area contributed by atoms with E-state index in [0.29, 0.717) is 0 Å². The number of para-hydroxylation sites is 1. The number of benzene rings is 3. The predicted molar refractivity (Wildman–Crippen MR) is 113 cm³/mol. The standard InChI is InChI=1S/C24H24N2/c1-3-7-21(8-4-1)11-12-22-13-15-24(16-14-22)26-19-17-25(18-20-26)23-9-5-2-6-10-23/h1-16H,17-20H2. The number of piperazine rings is 1. The molecule has 130 valence electrons. The quantitative estimate of drug-likeness (QED) is 0.604. The Morgan fingerprint density at radius 1 is 0.462 bits per heavy atom. The molecule has 1 aliphatic rings. The van der Waals surface area contributed by atoms with E-state index in [4.69, 9.17) is 0 Å². The first-order valence-electron chi connectivity index (χ1n) is 9.27. The van der Waals surface area contributed by atoms with Gasteiger partial charge in [0.15, 0.2) is 0 Å². The minimum atomic E-state index is 1.06. The van der Waals surface area contributed by atoms with Crippen molar-refractivity contribution < 1.29 is 0 Å². The molecule has 0 aromatic heterocycles. The van der Waals surface area contributed by atoms with Gasteiger partial charge in [-0.3, -0.25) is 0 Å². The maximum absolute atomic E-state index is 2.48. The van der Waals surface area contributed by atoms with E-state index in [2.05, 4.69) is 101 Å². The Bertz CT molecular complexity index is 830. The molecule has 0 N–H and O–H groups in total. The molecule has 0 bridgehead atoms. The van der Waals surface area contributed by atoms with Gasteiger partial charge in [0.25, 0.3) is 0 Å². The summed E-state index contributed by atoms with van der Waals surface area (Å²) < 4.78 is 0. The largest absolute Gasteiger partial charge is 0.368 e. The maximum atomic E-state index is 2.48. The lowest BCUT2D eigenvalue weighted by Crippen LogP contribution is -2.46. The zero-order chi connectivity index (χ0) is 17.6. The van der Waals surface area contributed by atoms with Crippen LogP contribution in [-0.2, 0) is 0 Å². The van der Waals surface area contributed by atoms with Crippen LogP contribution in [0.4, 0.5) is 11.4 Å². The summed E-state index contributed by atoms with van der Waals surface area (Å²) in [6, 6.07) is 30.0. The van der Waals surface area contributed by atoms with Crippen molar-refractivity contribution in [1.82, 2.24) is 0 Å². The Morgan fingerprint density at radius 2 is 0.885 bits per heavy atom. The molecule has 0 unspecified atom stereocenters. The highest BCUT2D eigenvalue weighted by Crippen LogP contribution is 2.21. The van der Waals surface area contributed by atoms with Crippen LogP contribution in [0.1, 0.15) is 11.1 Å². The van der Waals surface area contributed by atoms with Gasteiger partial charge in [-0.1, -0.05) is 72.8 Å². The van der Waals surface area contributed by atoms with Crippen molar-refractivity contribution in [3.63, 3.8) is 0 Å². The van der Waals surface area contributed by atoms with E-state index in [1.807, 2.05) is 6.07 Å². The summed E-state index contributed by atoms with van der Waals surface area (Å²) in [4.78, 5) is 4.94. The lowest BCUT2D eigenvalue weighted by molar-refractivity contribution is 0.653. The Labute approximate surface area is 156 Å². The van der Waals surface area contributed by atoms with Gasteiger partial charge in [0, 0.05) is 37.6 Å². The summed E-state index contributed by atoms with van der Waals surface area (Å²) in [7, 11) is 0. The van der Waals surface area contributed by atoms with Gasteiger partial charge in [0.05, 0.1) is 0 Å². The SMILES string of the molecule is C(=Cc1ccc(N2CCN(c3ccccc3)CC2)cc1)c1ccccc1. The first-order valence-corrected chi connectivity index (χ1v) is 9.27. The van der Waals surface area contributed by atoms with Crippen molar-refractivity contribution in [3.8, 4) is 0 Å². The highest BCUT2D eigenvalue weighted by Gasteiger charge is 2.17. The summed E-state index contributed by atoms with van der Waals surface area (Å²) in [5, 5.41) is 0. The second kappa shape index (κ2) is 7.92. The third kappa shape index (κ3) is 3.97.